The van der Waals surface area contributed by atoms with Gasteiger partial charge < -0.3 is 24.8 Å². The number of aliphatic carboxylic acids is 1. The minimum absolute atomic E-state index is 0.0270. The van der Waals surface area contributed by atoms with Crippen molar-refractivity contribution in [1.29, 1.82) is 0 Å². The first-order valence-electron chi connectivity index (χ1n) is 10.7. The van der Waals surface area contributed by atoms with Gasteiger partial charge in [0, 0.05) is 32.5 Å². The second-order valence-electron chi connectivity index (χ2n) is 7.94. The molecule has 2 N–H and O–H groups in total. The molecule has 2 aromatic carbocycles. The Labute approximate surface area is 186 Å². The molecule has 1 saturated heterocycles. The van der Waals surface area contributed by atoms with Crippen LogP contribution in [0.25, 0.3) is 11.1 Å². The van der Waals surface area contributed by atoms with Crippen molar-refractivity contribution in [3.63, 3.8) is 0 Å². The van der Waals surface area contributed by atoms with E-state index in [1.807, 2.05) is 24.3 Å². The molecule has 2 aromatic rings. The lowest BCUT2D eigenvalue weighted by Gasteiger charge is -2.39. The molecule has 1 heterocycles. The second kappa shape index (κ2) is 9.40. The molecule has 4 rings (SSSR count). The van der Waals surface area contributed by atoms with Crippen LogP contribution < -0.4 is 5.32 Å². The predicted molar refractivity (Wildman–Crippen MR) is 116 cm³/mol. The number of carboxylic acid groups (broad SMARTS) is 1. The van der Waals surface area contributed by atoms with Gasteiger partial charge in [0.1, 0.15) is 18.8 Å². The number of alkyl carbamates (subject to hydrolysis) is 1. The summed E-state index contributed by atoms with van der Waals surface area (Å²) in [4.78, 5) is 37.2. The fourth-order valence-electron chi connectivity index (χ4n) is 4.39. The van der Waals surface area contributed by atoms with E-state index in [9.17, 15) is 14.4 Å². The van der Waals surface area contributed by atoms with E-state index in [4.69, 9.17) is 14.6 Å². The summed E-state index contributed by atoms with van der Waals surface area (Å²) in [5.41, 5.74) is 4.58. The van der Waals surface area contributed by atoms with Crippen LogP contribution in [-0.2, 0) is 19.1 Å². The molecule has 0 spiro atoms. The first-order valence-corrected chi connectivity index (χ1v) is 10.7. The molecule has 2 unspecified atom stereocenters. The van der Waals surface area contributed by atoms with Crippen molar-refractivity contribution < 1.29 is 29.0 Å². The number of carbonyl (C=O) groups is 3. The number of carbonyl (C=O) groups excluding carboxylic acids is 2. The van der Waals surface area contributed by atoms with Gasteiger partial charge in [-0.2, -0.15) is 0 Å². The molecule has 8 nitrogen and oxygen atoms in total. The number of benzene rings is 2. The van der Waals surface area contributed by atoms with Crippen LogP contribution in [0, 0.1) is 0 Å². The van der Waals surface area contributed by atoms with Crippen LogP contribution in [-0.4, -0.2) is 66.9 Å². The summed E-state index contributed by atoms with van der Waals surface area (Å²) < 4.78 is 10.7. The van der Waals surface area contributed by atoms with Gasteiger partial charge in [-0.3, -0.25) is 4.79 Å². The van der Waals surface area contributed by atoms with Crippen LogP contribution in [0.4, 0.5) is 4.79 Å². The molecule has 32 heavy (non-hydrogen) atoms. The van der Waals surface area contributed by atoms with Gasteiger partial charge in [0.05, 0.1) is 0 Å². The number of rotatable bonds is 8. The van der Waals surface area contributed by atoms with Gasteiger partial charge in [0.25, 0.3) is 5.91 Å². The summed E-state index contributed by atoms with van der Waals surface area (Å²) >= 11 is 0. The van der Waals surface area contributed by atoms with Crippen LogP contribution in [0.3, 0.4) is 0 Å². The molecule has 2 amide bonds. The lowest BCUT2D eigenvalue weighted by atomic mass is 9.98. The zero-order valence-electron chi connectivity index (χ0n) is 17.8. The number of nitrogens with one attached hydrogen (secondary N) is 1. The highest BCUT2D eigenvalue weighted by atomic mass is 16.5. The van der Waals surface area contributed by atoms with Crippen molar-refractivity contribution in [2.24, 2.45) is 0 Å². The molecule has 0 radical (unpaired) electrons. The molecule has 1 aliphatic heterocycles. The van der Waals surface area contributed by atoms with Crippen LogP contribution in [0.5, 0.6) is 0 Å². The van der Waals surface area contributed by atoms with Gasteiger partial charge in [0.2, 0.25) is 0 Å². The summed E-state index contributed by atoms with van der Waals surface area (Å²) in [6, 6.07) is 15.4. The highest BCUT2D eigenvalue weighted by Crippen LogP contribution is 2.44. The predicted octanol–water partition coefficient (Wildman–Crippen LogP) is 2.62. The lowest BCUT2D eigenvalue weighted by molar-refractivity contribution is -0.162. The van der Waals surface area contributed by atoms with Crippen molar-refractivity contribution in [2.75, 3.05) is 26.8 Å². The van der Waals surface area contributed by atoms with E-state index in [1.54, 1.807) is 0 Å². The number of methoxy groups -OCH3 is 1. The van der Waals surface area contributed by atoms with E-state index < -0.39 is 24.2 Å². The Morgan fingerprint density at radius 3 is 2.25 bits per heavy atom. The van der Waals surface area contributed by atoms with Crippen molar-refractivity contribution in [1.82, 2.24) is 10.2 Å². The molecule has 0 bridgehead atoms. The fraction of sp³-hybridized carbons (Fsp3) is 0.375. The minimum atomic E-state index is -1.02. The maximum absolute atomic E-state index is 12.5. The van der Waals surface area contributed by atoms with E-state index in [2.05, 4.69) is 29.6 Å². The van der Waals surface area contributed by atoms with Crippen LogP contribution in [0.1, 0.15) is 29.9 Å². The summed E-state index contributed by atoms with van der Waals surface area (Å²) in [5, 5.41) is 11.8. The molecule has 1 aliphatic carbocycles. The molecular weight excluding hydrogens is 412 g/mol. The number of amides is 2. The van der Waals surface area contributed by atoms with Crippen LogP contribution in [0.15, 0.2) is 48.5 Å². The molecule has 8 heteroatoms. The Morgan fingerprint density at radius 2 is 1.72 bits per heavy atom. The van der Waals surface area contributed by atoms with Gasteiger partial charge >= 0.3 is 12.1 Å². The SMILES string of the molecule is COC(CCNC(=O)OCC1c2ccccc2-c2ccccc21)C(=O)N1CCC1C(=O)O. The number of ether oxygens (including phenoxy) is 2. The Morgan fingerprint density at radius 1 is 1.09 bits per heavy atom. The van der Waals surface area contributed by atoms with Gasteiger partial charge in [-0.1, -0.05) is 48.5 Å². The molecule has 1 fully saturated rings. The van der Waals surface area contributed by atoms with Gasteiger partial charge in [-0.25, -0.2) is 9.59 Å². The molecule has 0 saturated carbocycles. The Bertz CT molecular complexity index is 978. The molecule has 2 aliphatic rings. The zero-order valence-corrected chi connectivity index (χ0v) is 17.8. The average Bonchev–Trinajstić information content (AvgIpc) is 3.08. The van der Waals surface area contributed by atoms with Crippen LogP contribution in [0.2, 0.25) is 0 Å². The van der Waals surface area contributed by atoms with Crippen molar-refractivity contribution >= 4 is 18.0 Å². The highest BCUT2D eigenvalue weighted by Gasteiger charge is 2.40. The third-order valence-electron chi connectivity index (χ3n) is 6.17. The minimum Gasteiger partial charge on any atom is -0.480 e. The molecule has 168 valence electrons. The van der Waals surface area contributed by atoms with E-state index in [-0.39, 0.29) is 31.4 Å². The standard InChI is InChI=1S/C24H26N2O6/c1-31-21(22(27)26-13-11-20(26)23(28)29)10-12-25-24(30)32-14-19-17-8-4-2-6-15(17)16-7-3-5-9-18(16)19/h2-9,19-21H,10-14H2,1H3,(H,25,30)(H,28,29). The Balaban J connectivity index is 1.28. The first-order chi connectivity index (χ1) is 15.5. The summed E-state index contributed by atoms with van der Waals surface area (Å²) in [7, 11) is 1.39. The van der Waals surface area contributed by atoms with E-state index >= 15 is 0 Å². The fourth-order valence-corrected chi connectivity index (χ4v) is 4.39. The number of hydrogen-bond donors (Lipinski definition) is 2. The maximum atomic E-state index is 12.5. The highest BCUT2D eigenvalue weighted by molar-refractivity contribution is 5.88. The zero-order chi connectivity index (χ0) is 22.7. The Kier molecular flexibility index (Phi) is 6.41. The normalized spacial score (nSPS) is 17.7. The van der Waals surface area contributed by atoms with E-state index in [0.29, 0.717) is 13.0 Å². The molecule has 2 atom stereocenters. The third-order valence-corrected chi connectivity index (χ3v) is 6.17. The summed E-state index contributed by atoms with van der Waals surface area (Å²) in [6.45, 7) is 0.780. The number of hydrogen-bond acceptors (Lipinski definition) is 5. The third kappa shape index (κ3) is 4.18. The molecular formula is C24H26N2O6. The lowest BCUT2D eigenvalue weighted by Crippen LogP contribution is -2.58. The van der Waals surface area contributed by atoms with Crippen molar-refractivity contribution in [3.8, 4) is 11.1 Å². The van der Waals surface area contributed by atoms with Crippen molar-refractivity contribution in [3.05, 3.63) is 59.7 Å². The number of likely N-dealkylation sites (tertiary alicyclic amines) is 1. The summed E-state index contributed by atoms with van der Waals surface area (Å²) in [6.07, 6.45) is -0.717. The monoisotopic (exact) mass is 438 g/mol. The first kappa shape index (κ1) is 21.8. The van der Waals surface area contributed by atoms with E-state index in [0.717, 1.165) is 22.3 Å². The number of fused-ring (bicyclic) bond motifs is 3. The Hall–Kier alpha value is -3.39. The topological polar surface area (TPSA) is 105 Å². The van der Waals surface area contributed by atoms with E-state index in [1.165, 1.54) is 12.0 Å². The van der Waals surface area contributed by atoms with Gasteiger partial charge in [-0.05, 0) is 28.7 Å². The van der Waals surface area contributed by atoms with Crippen molar-refractivity contribution in [2.45, 2.75) is 30.9 Å². The number of nitrogens with zero attached hydrogens (tertiary/aromatic N) is 1. The van der Waals surface area contributed by atoms with Gasteiger partial charge in [0.15, 0.2) is 0 Å². The maximum Gasteiger partial charge on any atom is 0.407 e. The quantitative estimate of drug-likeness (QED) is 0.657. The smallest absolute Gasteiger partial charge is 0.407 e. The largest absolute Gasteiger partial charge is 0.480 e. The second-order valence-corrected chi connectivity index (χ2v) is 7.94. The average molecular weight is 438 g/mol. The number of carboxylic acids is 1. The molecule has 0 aromatic heterocycles. The van der Waals surface area contributed by atoms with Gasteiger partial charge in [-0.15, -0.1) is 0 Å². The van der Waals surface area contributed by atoms with Crippen LogP contribution >= 0.6 is 0 Å². The summed E-state index contributed by atoms with van der Waals surface area (Å²) in [5.74, 6) is -1.42.